The molecule has 0 amide bonds. The van der Waals surface area contributed by atoms with Crippen molar-refractivity contribution in [2.45, 2.75) is 0 Å². The molecule has 0 saturated carbocycles. The number of fused-ring (bicyclic) bond motifs is 3. The number of nitrogens with zero attached hydrogens (tertiary/aromatic N) is 2. The monoisotopic (exact) mass is 578 g/mol. The van der Waals surface area contributed by atoms with Gasteiger partial charge in [-0.3, -0.25) is 0 Å². The number of hydrogen-bond donors (Lipinski definition) is 0. The molecule has 1 heterocycles. The lowest BCUT2D eigenvalue weighted by atomic mass is 9.98. The Bertz CT molecular complexity index is 2130. The van der Waals surface area contributed by atoms with Gasteiger partial charge in [0.25, 0.3) is 0 Å². The zero-order valence-electron chi connectivity index (χ0n) is 24.6. The molecule has 8 aromatic rings. The van der Waals surface area contributed by atoms with Gasteiger partial charge < -0.3 is 14.2 Å². The van der Waals surface area contributed by atoms with Crippen molar-refractivity contribution in [1.82, 2.24) is 0 Å². The number of para-hydroxylation sites is 5. The quantitative estimate of drug-likeness (QED) is 0.188. The molecule has 0 N–H and O–H groups in total. The number of anilines is 6. The SMILES string of the molecule is c1ccc(N(c2ccccc2)c2ccc(N(c3ccccc3)c3ccccc3)c(-c3ccc4oc5ccccc5c4c3)c2)cc1. The molecule has 0 aliphatic carbocycles. The van der Waals surface area contributed by atoms with Crippen LogP contribution in [0.25, 0.3) is 33.1 Å². The molecule has 0 radical (unpaired) electrons. The van der Waals surface area contributed by atoms with Gasteiger partial charge in [-0.05, 0) is 90.5 Å². The number of rotatable bonds is 7. The average molecular weight is 579 g/mol. The first kappa shape index (κ1) is 26.6. The van der Waals surface area contributed by atoms with Crippen molar-refractivity contribution in [3.8, 4) is 11.1 Å². The summed E-state index contributed by atoms with van der Waals surface area (Å²) >= 11 is 0. The highest BCUT2D eigenvalue weighted by Gasteiger charge is 2.21. The second kappa shape index (κ2) is 11.6. The van der Waals surface area contributed by atoms with E-state index in [2.05, 4.69) is 180 Å². The van der Waals surface area contributed by atoms with Gasteiger partial charge in [0.1, 0.15) is 11.2 Å². The number of hydrogen-bond acceptors (Lipinski definition) is 3. The van der Waals surface area contributed by atoms with E-state index < -0.39 is 0 Å². The summed E-state index contributed by atoms with van der Waals surface area (Å²) in [6.07, 6.45) is 0. The lowest BCUT2D eigenvalue weighted by Crippen LogP contribution is -2.13. The third-order valence-corrected chi connectivity index (χ3v) is 8.22. The lowest BCUT2D eigenvalue weighted by Gasteiger charge is -2.30. The summed E-state index contributed by atoms with van der Waals surface area (Å²) in [5.74, 6) is 0. The Hall–Kier alpha value is -6.06. The summed E-state index contributed by atoms with van der Waals surface area (Å²) in [6.45, 7) is 0. The van der Waals surface area contributed by atoms with E-state index in [-0.39, 0.29) is 0 Å². The maximum Gasteiger partial charge on any atom is 0.135 e. The molecular weight excluding hydrogens is 548 g/mol. The van der Waals surface area contributed by atoms with E-state index >= 15 is 0 Å². The van der Waals surface area contributed by atoms with Gasteiger partial charge in [-0.15, -0.1) is 0 Å². The maximum absolute atomic E-state index is 6.22. The minimum absolute atomic E-state index is 0.885. The van der Waals surface area contributed by atoms with Gasteiger partial charge in [0, 0.05) is 44.8 Å². The average Bonchev–Trinajstić information content (AvgIpc) is 3.49. The van der Waals surface area contributed by atoms with Crippen LogP contribution in [0.4, 0.5) is 34.1 Å². The molecule has 214 valence electrons. The highest BCUT2D eigenvalue weighted by atomic mass is 16.3. The van der Waals surface area contributed by atoms with Crippen molar-refractivity contribution < 1.29 is 4.42 Å². The Morgan fingerprint density at radius 2 is 0.822 bits per heavy atom. The highest BCUT2D eigenvalue weighted by molar-refractivity contribution is 6.07. The van der Waals surface area contributed by atoms with Gasteiger partial charge in [-0.25, -0.2) is 0 Å². The van der Waals surface area contributed by atoms with Crippen LogP contribution in [0.3, 0.4) is 0 Å². The standard InChI is InChI=1S/C42H30N2O/c1-5-15-32(16-6-1)43(33-17-7-2-8-18-33)36-26-27-40(44(34-19-9-3-10-20-34)35-21-11-4-12-22-35)38(30-36)31-25-28-42-39(29-31)37-23-13-14-24-41(37)45-42/h1-30H. The zero-order chi connectivity index (χ0) is 30.0. The lowest BCUT2D eigenvalue weighted by molar-refractivity contribution is 0.669. The third kappa shape index (κ3) is 5.01. The molecule has 0 aliphatic rings. The van der Waals surface area contributed by atoms with Gasteiger partial charge in [0.2, 0.25) is 0 Å². The van der Waals surface area contributed by atoms with Gasteiger partial charge in [0.15, 0.2) is 0 Å². The van der Waals surface area contributed by atoms with Crippen molar-refractivity contribution in [3.63, 3.8) is 0 Å². The van der Waals surface area contributed by atoms with E-state index in [1.807, 2.05) is 12.1 Å². The molecule has 7 aromatic carbocycles. The van der Waals surface area contributed by atoms with Crippen LogP contribution in [0.2, 0.25) is 0 Å². The van der Waals surface area contributed by atoms with E-state index in [0.29, 0.717) is 0 Å². The molecule has 1 aromatic heterocycles. The van der Waals surface area contributed by atoms with Crippen LogP contribution in [0, 0.1) is 0 Å². The molecule has 0 saturated heterocycles. The Morgan fingerprint density at radius 3 is 1.40 bits per heavy atom. The normalized spacial score (nSPS) is 11.1. The van der Waals surface area contributed by atoms with E-state index in [9.17, 15) is 0 Å². The third-order valence-electron chi connectivity index (χ3n) is 8.22. The topological polar surface area (TPSA) is 19.6 Å². The fraction of sp³-hybridized carbons (Fsp3) is 0. The molecule has 0 atom stereocenters. The van der Waals surface area contributed by atoms with Gasteiger partial charge in [-0.2, -0.15) is 0 Å². The minimum Gasteiger partial charge on any atom is -0.456 e. The molecular formula is C42H30N2O. The first-order chi connectivity index (χ1) is 22.3. The molecule has 0 aliphatic heterocycles. The van der Waals surface area contributed by atoms with Crippen LogP contribution in [0.1, 0.15) is 0 Å². The van der Waals surface area contributed by atoms with Crippen molar-refractivity contribution in [2.24, 2.45) is 0 Å². The Balaban J connectivity index is 1.40. The molecule has 0 bridgehead atoms. The van der Waals surface area contributed by atoms with Crippen molar-refractivity contribution in [1.29, 1.82) is 0 Å². The molecule has 0 fully saturated rings. The predicted molar refractivity (Wildman–Crippen MR) is 189 cm³/mol. The minimum atomic E-state index is 0.885. The molecule has 45 heavy (non-hydrogen) atoms. The maximum atomic E-state index is 6.22. The Labute approximate surface area is 262 Å². The molecule has 3 heteroatoms. The smallest absolute Gasteiger partial charge is 0.135 e. The summed E-state index contributed by atoms with van der Waals surface area (Å²) in [5, 5.41) is 2.22. The second-order valence-electron chi connectivity index (χ2n) is 11.0. The first-order valence-electron chi connectivity index (χ1n) is 15.2. The van der Waals surface area contributed by atoms with E-state index in [0.717, 1.165) is 67.2 Å². The first-order valence-corrected chi connectivity index (χ1v) is 15.2. The van der Waals surface area contributed by atoms with Crippen LogP contribution in [0.15, 0.2) is 186 Å². The summed E-state index contributed by atoms with van der Waals surface area (Å²) in [7, 11) is 0. The second-order valence-corrected chi connectivity index (χ2v) is 11.0. The summed E-state index contributed by atoms with van der Waals surface area (Å²) in [5.41, 5.74) is 10.6. The molecule has 3 nitrogen and oxygen atoms in total. The Morgan fingerprint density at radius 1 is 0.333 bits per heavy atom. The summed E-state index contributed by atoms with van der Waals surface area (Å²) in [6, 6.07) is 63.9. The van der Waals surface area contributed by atoms with Crippen LogP contribution in [-0.2, 0) is 0 Å². The van der Waals surface area contributed by atoms with Crippen LogP contribution < -0.4 is 9.80 Å². The molecule has 0 spiro atoms. The van der Waals surface area contributed by atoms with Crippen LogP contribution >= 0.6 is 0 Å². The van der Waals surface area contributed by atoms with Crippen LogP contribution in [0.5, 0.6) is 0 Å². The summed E-state index contributed by atoms with van der Waals surface area (Å²) in [4.78, 5) is 4.65. The fourth-order valence-electron chi connectivity index (χ4n) is 6.17. The molecule has 0 unspecified atom stereocenters. The van der Waals surface area contributed by atoms with Gasteiger partial charge in [0.05, 0.1) is 5.69 Å². The number of benzene rings is 7. The summed E-state index contributed by atoms with van der Waals surface area (Å²) < 4.78 is 6.22. The van der Waals surface area contributed by atoms with Crippen molar-refractivity contribution in [2.75, 3.05) is 9.80 Å². The van der Waals surface area contributed by atoms with Crippen molar-refractivity contribution in [3.05, 3.63) is 182 Å². The van der Waals surface area contributed by atoms with Gasteiger partial charge >= 0.3 is 0 Å². The van der Waals surface area contributed by atoms with Crippen molar-refractivity contribution >= 4 is 56.1 Å². The van der Waals surface area contributed by atoms with E-state index in [1.54, 1.807) is 0 Å². The number of furan rings is 1. The zero-order valence-corrected chi connectivity index (χ0v) is 24.6. The predicted octanol–water partition coefficient (Wildman–Crippen LogP) is 12.2. The molecule has 8 rings (SSSR count). The van der Waals surface area contributed by atoms with E-state index in [4.69, 9.17) is 4.42 Å². The largest absolute Gasteiger partial charge is 0.456 e. The van der Waals surface area contributed by atoms with Crippen LogP contribution in [-0.4, -0.2) is 0 Å². The van der Waals surface area contributed by atoms with Gasteiger partial charge in [-0.1, -0.05) is 97.1 Å². The highest BCUT2D eigenvalue weighted by Crippen LogP contribution is 2.45. The van der Waals surface area contributed by atoms with E-state index in [1.165, 1.54) is 0 Å². The Kier molecular flexibility index (Phi) is 6.82. The fourth-order valence-corrected chi connectivity index (χ4v) is 6.17.